The van der Waals surface area contributed by atoms with Crippen LogP contribution in [-0.2, 0) is 14.3 Å². The summed E-state index contributed by atoms with van der Waals surface area (Å²) in [5.41, 5.74) is 0. The Kier molecular flexibility index (Phi) is 7.62. The molecule has 0 unspecified atom stereocenters. The van der Waals surface area contributed by atoms with Gasteiger partial charge in [0.2, 0.25) is 0 Å². The largest absolute Gasteiger partial charge is 0.481 e. The van der Waals surface area contributed by atoms with E-state index < -0.39 is 24.0 Å². The zero-order valence-corrected chi connectivity index (χ0v) is 13.1. The number of carbonyl (C=O) groups excluding carboxylic acids is 1. The standard InChI is InChI=1S/C13H21Cl2NO4/c1-9(17)20-12-10(13(18)19)3-2-4-11(12)16(7-5-14)8-6-15/h10-12H,2-8H2,1H3,(H,18,19)/t10-,11-,12-/m0/s1. The molecule has 0 radical (unpaired) electrons. The lowest BCUT2D eigenvalue weighted by Crippen LogP contribution is -2.53. The average molecular weight is 326 g/mol. The second kappa shape index (κ2) is 8.70. The van der Waals surface area contributed by atoms with E-state index >= 15 is 0 Å². The second-order valence-corrected chi connectivity index (χ2v) is 5.69. The van der Waals surface area contributed by atoms with Crippen LogP contribution in [0.4, 0.5) is 0 Å². The number of rotatable bonds is 7. The summed E-state index contributed by atoms with van der Waals surface area (Å²) in [6.07, 6.45) is 1.47. The molecule has 5 nitrogen and oxygen atoms in total. The monoisotopic (exact) mass is 325 g/mol. The van der Waals surface area contributed by atoms with Crippen LogP contribution in [0.5, 0.6) is 0 Å². The third kappa shape index (κ3) is 4.79. The second-order valence-electron chi connectivity index (χ2n) is 4.93. The number of esters is 1. The van der Waals surface area contributed by atoms with Gasteiger partial charge in [0.1, 0.15) is 6.10 Å². The Bertz CT molecular complexity index is 334. The zero-order valence-electron chi connectivity index (χ0n) is 11.6. The minimum absolute atomic E-state index is 0.133. The molecule has 1 rings (SSSR count). The number of nitrogens with zero attached hydrogens (tertiary/aromatic N) is 1. The summed E-state index contributed by atoms with van der Waals surface area (Å²) in [4.78, 5) is 24.7. The smallest absolute Gasteiger partial charge is 0.310 e. The molecule has 1 N–H and O–H groups in total. The molecule has 0 aromatic rings. The predicted octanol–water partition coefficient (Wildman–Crippen LogP) is 1.95. The number of carboxylic acids is 1. The van der Waals surface area contributed by atoms with E-state index in [1.54, 1.807) is 0 Å². The van der Waals surface area contributed by atoms with Crippen LogP contribution in [0.3, 0.4) is 0 Å². The van der Waals surface area contributed by atoms with Crippen molar-refractivity contribution in [2.45, 2.75) is 38.3 Å². The van der Waals surface area contributed by atoms with Crippen molar-refractivity contribution in [2.24, 2.45) is 5.92 Å². The molecular formula is C13H21Cl2NO4. The number of aliphatic carboxylic acids is 1. The van der Waals surface area contributed by atoms with E-state index in [9.17, 15) is 14.7 Å². The van der Waals surface area contributed by atoms with Gasteiger partial charge in [-0.25, -0.2) is 0 Å². The first-order valence-electron chi connectivity index (χ1n) is 6.77. The Morgan fingerprint density at radius 3 is 2.30 bits per heavy atom. The van der Waals surface area contributed by atoms with Crippen molar-refractivity contribution in [3.63, 3.8) is 0 Å². The normalized spacial score (nSPS) is 26.5. The fraction of sp³-hybridized carbons (Fsp3) is 0.846. The molecule has 0 aliphatic heterocycles. The van der Waals surface area contributed by atoms with E-state index in [1.807, 2.05) is 4.90 Å². The number of ether oxygens (including phenoxy) is 1. The lowest BCUT2D eigenvalue weighted by atomic mass is 9.82. The molecular weight excluding hydrogens is 305 g/mol. The highest BCUT2D eigenvalue weighted by atomic mass is 35.5. The number of halogens is 2. The molecule has 1 aliphatic carbocycles. The summed E-state index contributed by atoms with van der Waals surface area (Å²) in [7, 11) is 0. The first-order chi connectivity index (χ1) is 9.51. The van der Waals surface area contributed by atoms with Crippen LogP contribution in [0, 0.1) is 5.92 Å². The summed E-state index contributed by atoms with van der Waals surface area (Å²) in [5.74, 6) is -1.18. The first-order valence-corrected chi connectivity index (χ1v) is 7.84. The highest BCUT2D eigenvalue weighted by Gasteiger charge is 2.42. The quantitative estimate of drug-likeness (QED) is 0.572. The SMILES string of the molecule is CC(=O)O[C@H]1[C@@H](C(=O)O)CCC[C@@H]1N(CCCl)CCCl. The van der Waals surface area contributed by atoms with Gasteiger partial charge in [0.15, 0.2) is 0 Å². The number of alkyl halides is 2. The molecule has 20 heavy (non-hydrogen) atoms. The van der Waals surface area contributed by atoms with Crippen molar-refractivity contribution >= 4 is 35.1 Å². The molecule has 0 bridgehead atoms. The molecule has 3 atom stereocenters. The molecule has 0 saturated heterocycles. The van der Waals surface area contributed by atoms with Crippen LogP contribution < -0.4 is 0 Å². The van der Waals surface area contributed by atoms with Crippen molar-refractivity contribution in [3.8, 4) is 0 Å². The molecule has 0 amide bonds. The highest BCUT2D eigenvalue weighted by molar-refractivity contribution is 6.18. The van der Waals surface area contributed by atoms with Crippen molar-refractivity contribution in [1.29, 1.82) is 0 Å². The van der Waals surface area contributed by atoms with Crippen LogP contribution in [0.1, 0.15) is 26.2 Å². The van der Waals surface area contributed by atoms with E-state index in [-0.39, 0.29) is 6.04 Å². The van der Waals surface area contributed by atoms with Crippen LogP contribution in [0.2, 0.25) is 0 Å². The predicted molar refractivity (Wildman–Crippen MR) is 77.3 cm³/mol. The minimum atomic E-state index is -0.919. The summed E-state index contributed by atoms with van der Waals surface area (Å²) in [6, 6.07) is -0.133. The summed E-state index contributed by atoms with van der Waals surface area (Å²) >= 11 is 11.6. The number of hydrogen-bond donors (Lipinski definition) is 1. The maximum absolute atomic E-state index is 11.4. The molecule has 1 saturated carbocycles. The maximum Gasteiger partial charge on any atom is 0.310 e. The van der Waals surface area contributed by atoms with E-state index in [2.05, 4.69) is 0 Å². The Balaban J connectivity index is 2.91. The van der Waals surface area contributed by atoms with Gasteiger partial charge in [-0.1, -0.05) is 6.42 Å². The van der Waals surface area contributed by atoms with Gasteiger partial charge in [0.25, 0.3) is 0 Å². The van der Waals surface area contributed by atoms with Crippen molar-refractivity contribution in [1.82, 2.24) is 4.90 Å². The highest BCUT2D eigenvalue weighted by Crippen LogP contribution is 2.31. The van der Waals surface area contributed by atoms with E-state index in [1.165, 1.54) is 6.92 Å². The summed E-state index contributed by atoms with van der Waals surface area (Å²) < 4.78 is 5.30. The Hall–Kier alpha value is -0.520. The van der Waals surface area contributed by atoms with Crippen molar-refractivity contribution < 1.29 is 19.4 Å². The third-order valence-electron chi connectivity index (χ3n) is 3.62. The lowest BCUT2D eigenvalue weighted by molar-refractivity contribution is -0.165. The van der Waals surface area contributed by atoms with Gasteiger partial charge in [-0.3, -0.25) is 14.5 Å². The van der Waals surface area contributed by atoms with Gasteiger partial charge < -0.3 is 9.84 Å². The molecule has 0 heterocycles. The van der Waals surface area contributed by atoms with Crippen LogP contribution in [0.15, 0.2) is 0 Å². The number of carboxylic acid groups (broad SMARTS) is 1. The van der Waals surface area contributed by atoms with E-state index in [0.717, 1.165) is 12.8 Å². The maximum atomic E-state index is 11.4. The molecule has 0 aromatic heterocycles. The van der Waals surface area contributed by atoms with Gasteiger partial charge >= 0.3 is 11.9 Å². The van der Waals surface area contributed by atoms with Gasteiger partial charge in [0.05, 0.1) is 5.92 Å². The molecule has 0 spiro atoms. The van der Waals surface area contributed by atoms with Crippen LogP contribution in [0.25, 0.3) is 0 Å². The molecule has 7 heteroatoms. The van der Waals surface area contributed by atoms with Crippen molar-refractivity contribution in [2.75, 3.05) is 24.8 Å². The van der Waals surface area contributed by atoms with Crippen LogP contribution in [-0.4, -0.2) is 58.9 Å². The zero-order chi connectivity index (χ0) is 15.1. The Morgan fingerprint density at radius 1 is 1.25 bits per heavy atom. The van der Waals surface area contributed by atoms with E-state index in [0.29, 0.717) is 31.3 Å². The topological polar surface area (TPSA) is 66.8 Å². The molecule has 116 valence electrons. The van der Waals surface area contributed by atoms with E-state index in [4.69, 9.17) is 27.9 Å². The summed E-state index contributed by atoms with van der Waals surface area (Å²) in [6.45, 7) is 2.50. The summed E-state index contributed by atoms with van der Waals surface area (Å²) in [5, 5.41) is 9.32. The molecule has 0 aromatic carbocycles. The lowest BCUT2D eigenvalue weighted by Gasteiger charge is -2.41. The fourth-order valence-corrected chi connectivity index (χ4v) is 3.25. The van der Waals surface area contributed by atoms with Gasteiger partial charge in [-0.15, -0.1) is 23.2 Å². The Labute approximate surface area is 129 Å². The fourth-order valence-electron chi connectivity index (χ4n) is 2.81. The first kappa shape index (κ1) is 17.5. The van der Waals surface area contributed by atoms with Gasteiger partial charge in [0, 0.05) is 37.8 Å². The van der Waals surface area contributed by atoms with Gasteiger partial charge in [-0.05, 0) is 12.8 Å². The van der Waals surface area contributed by atoms with Crippen LogP contribution >= 0.6 is 23.2 Å². The Morgan fingerprint density at radius 2 is 1.85 bits per heavy atom. The molecule has 1 fully saturated rings. The third-order valence-corrected chi connectivity index (χ3v) is 3.96. The van der Waals surface area contributed by atoms with Gasteiger partial charge in [-0.2, -0.15) is 0 Å². The van der Waals surface area contributed by atoms with Crippen molar-refractivity contribution in [3.05, 3.63) is 0 Å². The average Bonchev–Trinajstić information content (AvgIpc) is 2.38. The minimum Gasteiger partial charge on any atom is -0.481 e. The number of carbonyl (C=O) groups is 2. The molecule has 1 aliphatic rings. The number of hydrogen-bond acceptors (Lipinski definition) is 4.